The summed E-state index contributed by atoms with van der Waals surface area (Å²) in [6, 6.07) is 12.7. The molecule has 130 valence electrons. The van der Waals surface area contributed by atoms with Crippen LogP contribution in [0.5, 0.6) is 0 Å². The molecular weight excluding hydrogens is 316 g/mol. The highest BCUT2D eigenvalue weighted by Crippen LogP contribution is 2.35. The van der Waals surface area contributed by atoms with Crippen LogP contribution >= 0.6 is 0 Å². The summed E-state index contributed by atoms with van der Waals surface area (Å²) in [5.41, 5.74) is 3.97. The van der Waals surface area contributed by atoms with Crippen LogP contribution < -0.4 is 4.90 Å². The lowest BCUT2D eigenvalue weighted by Gasteiger charge is -2.42. The third kappa shape index (κ3) is 3.22. The molecule has 4 rings (SSSR count). The second-order valence-corrected chi connectivity index (χ2v) is 6.76. The number of pyridine rings is 1. The Balaban J connectivity index is 1.43. The molecular formula is C19H22N4O2. The van der Waals surface area contributed by atoms with Gasteiger partial charge in [0, 0.05) is 38.3 Å². The third-order valence-electron chi connectivity index (χ3n) is 5.38. The molecule has 2 heterocycles. The Bertz CT molecular complexity index is 754. The Labute approximate surface area is 147 Å². The monoisotopic (exact) mass is 338 g/mol. The van der Waals surface area contributed by atoms with Crippen LogP contribution in [0.1, 0.15) is 30.0 Å². The Morgan fingerprint density at radius 3 is 2.60 bits per heavy atom. The highest BCUT2D eigenvalue weighted by molar-refractivity contribution is 5.47. The summed E-state index contributed by atoms with van der Waals surface area (Å²) in [5, 5.41) is 10.7. The molecule has 1 aliphatic heterocycles. The molecule has 0 saturated carbocycles. The van der Waals surface area contributed by atoms with Crippen LogP contribution in [-0.2, 0) is 6.42 Å². The number of rotatable bonds is 3. The van der Waals surface area contributed by atoms with Gasteiger partial charge in [0.1, 0.15) is 0 Å². The molecule has 2 aromatic rings. The Hall–Kier alpha value is -2.47. The van der Waals surface area contributed by atoms with E-state index in [1.54, 1.807) is 12.3 Å². The molecule has 1 atom stereocenters. The molecule has 25 heavy (non-hydrogen) atoms. The third-order valence-corrected chi connectivity index (χ3v) is 5.38. The van der Waals surface area contributed by atoms with E-state index < -0.39 is 4.92 Å². The second kappa shape index (κ2) is 6.80. The number of fused-ring (bicyclic) bond motifs is 1. The number of hydrogen-bond donors (Lipinski definition) is 0. The zero-order valence-electron chi connectivity index (χ0n) is 14.2. The van der Waals surface area contributed by atoms with Crippen molar-refractivity contribution in [3.63, 3.8) is 0 Å². The van der Waals surface area contributed by atoms with Gasteiger partial charge < -0.3 is 15.0 Å². The summed E-state index contributed by atoms with van der Waals surface area (Å²) >= 11 is 0. The predicted octanol–water partition coefficient (Wildman–Crippen LogP) is 3.19. The SMILES string of the molecule is O=[N+]([O-])c1ccc(N2CCN([C@@H]3CCCc4ccccc43)CC2)cn1. The Morgan fingerprint density at radius 1 is 1.08 bits per heavy atom. The number of piperazine rings is 1. The Morgan fingerprint density at radius 2 is 1.88 bits per heavy atom. The maximum Gasteiger partial charge on any atom is 0.363 e. The minimum Gasteiger partial charge on any atom is -0.366 e. The van der Waals surface area contributed by atoms with Gasteiger partial charge in [0.2, 0.25) is 0 Å². The number of benzene rings is 1. The van der Waals surface area contributed by atoms with E-state index in [1.807, 2.05) is 0 Å². The molecule has 1 saturated heterocycles. The fourth-order valence-corrected chi connectivity index (χ4v) is 4.07. The summed E-state index contributed by atoms with van der Waals surface area (Å²) in [6.07, 6.45) is 5.30. The maximum absolute atomic E-state index is 10.7. The topological polar surface area (TPSA) is 62.5 Å². The highest BCUT2D eigenvalue weighted by atomic mass is 16.6. The van der Waals surface area contributed by atoms with Crippen LogP contribution in [0.2, 0.25) is 0 Å². The lowest BCUT2D eigenvalue weighted by Crippen LogP contribution is -2.48. The molecule has 0 unspecified atom stereocenters. The van der Waals surface area contributed by atoms with Crippen molar-refractivity contribution in [1.29, 1.82) is 0 Å². The van der Waals surface area contributed by atoms with Gasteiger partial charge in [-0.3, -0.25) is 4.90 Å². The minimum absolute atomic E-state index is 0.0961. The lowest BCUT2D eigenvalue weighted by molar-refractivity contribution is -0.389. The van der Waals surface area contributed by atoms with Gasteiger partial charge in [0.05, 0.1) is 5.69 Å². The van der Waals surface area contributed by atoms with Crippen molar-refractivity contribution in [1.82, 2.24) is 9.88 Å². The van der Waals surface area contributed by atoms with E-state index in [4.69, 9.17) is 0 Å². The summed E-state index contributed by atoms with van der Waals surface area (Å²) in [7, 11) is 0. The smallest absolute Gasteiger partial charge is 0.363 e. The molecule has 1 aromatic heterocycles. The second-order valence-electron chi connectivity index (χ2n) is 6.76. The average molecular weight is 338 g/mol. The number of aromatic nitrogens is 1. The molecule has 2 aliphatic rings. The molecule has 6 heteroatoms. The van der Waals surface area contributed by atoms with Gasteiger partial charge in [-0.2, -0.15) is 0 Å². The number of hydrogen-bond acceptors (Lipinski definition) is 5. The van der Waals surface area contributed by atoms with Crippen molar-refractivity contribution in [2.24, 2.45) is 0 Å². The van der Waals surface area contributed by atoms with Crippen LogP contribution in [0.25, 0.3) is 0 Å². The summed E-state index contributed by atoms with van der Waals surface area (Å²) in [5.74, 6) is -0.0961. The van der Waals surface area contributed by atoms with Crippen LogP contribution in [0, 0.1) is 10.1 Å². The molecule has 0 spiro atoms. The van der Waals surface area contributed by atoms with Crippen molar-refractivity contribution in [2.45, 2.75) is 25.3 Å². The molecule has 0 amide bonds. The van der Waals surface area contributed by atoms with Crippen LogP contribution in [0.15, 0.2) is 42.6 Å². The fraction of sp³-hybridized carbons (Fsp3) is 0.421. The van der Waals surface area contributed by atoms with Gasteiger partial charge >= 0.3 is 5.82 Å². The van der Waals surface area contributed by atoms with Crippen molar-refractivity contribution >= 4 is 11.5 Å². The highest BCUT2D eigenvalue weighted by Gasteiger charge is 2.28. The largest absolute Gasteiger partial charge is 0.366 e. The van der Waals surface area contributed by atoms with Crippen LogP contribution in [0.4, 0.5) is 11.5 Å². The van der Waals surface area contributed by atoms with Gasteiger partial charge in [-0.25, -0.2) is 0 Å². The molecule has 0 radical (unpaired) electrons. The first kappa shape index (κ1) is 16.0. The van der Waals surface area contributed by atoms with Gasteiger partial charge in [-0.05, 0) is 46.4 Å². The summed E-state index contributed by atoms with van der Waals surface area (Å²) in [6.45, 7) is 3.88. The summed E-state index contributed by atoms with van der Waals surface area (Å²) < 4.78 is 0. The van der Waals surface area contributed by atoms with E-state index in [9.17, 15) is 10.1 Å². The first-order chi connectivity index (χ1) is 12.2. The van der Waals surface area contributed by atoms with E-state index in [0.29, 0.717) is 6.04 Å². The van der Waals surface area contributed by atoms with E-state index in [0.717, 1.165) is 31.9 Å². The van der Waals surface area contributed by atoms with Crippen molar-refractivity contribution < 1.29 is 4.92 Å². The lowest BCUT2D eigenvalue weighted by atomic mass is 9.86. The number of nitrogens with zero attached hydrogens (tertiary/aromatic N) is 4. The Kier molecular flexibility index (Phi) is 4.36. The molecule has 6 nitrogen and oxygen atoms in total. The van der Waals surface area contributed by atoms with E-state index in [2.05, 4.69) is 39.0 Å². The molecule has 1 aliphatic carbocycles. The van der Waals surface area contributed by atoms with Gasteiger partial charge in [-0.1, -0.05) is 24.3 Å². The first-order valence-corrected chi connectivity index (χ1v) is 8.89. The van der Waals surface area contributed by atoms with Gasteiger partial charge in [0.15, 0.2) is 6.20 Å². The van der Waals surface area contributed by atoms with Gasteiger partial charge in [-0.15, -0.1) is 0 Å². The van der Waals surface area contributed by atoms with Crippen LogP contribution in [-0.4, -0.2) is 41.0 Å². The zero-order chi connectivity index (χ0) is 17.2. The standard InChI is InChI=1S/C19H22N4O2/c24-23(25)19-9-8-16(14-20-19)21-10-12-22(13-11-21)18-7-3-5-15-4-1-2-6-17(15)18/h1-2,4,6,8-9,14,18H,3,5,7,10-13H2/t18-/m1/s1. The van der Waals surface area contributed by atoms with Crippen molar-refractivity contribution in [3.05, 3.63) is 63.8 Å². The molecule has 1 fully saturated rings. The maximum atomic E-state index is 10.7. The number of anilines is 1. The normalized spacial score (nSPS) is 21.0. The number of aryl methyl sites for hydroxylation is 1. The van der Waals surface area contributed by atoms with E-state index >= 15 is 0 Å². The van der Waals surface area contributed by atoms with E-state index in [1.165, 1.54) is 36.5 Å². The van der Waals surface area contributed by atoms with E-state index in [-0.39, 0.29) is 5.82 Å². The molecule has 0 N–H and O–H groups in total. The summed E-state index contributed by atoms with van der Waals surface area (Å²) in [4.78, 5) is 19.1. The van der Waals surface area contributed by atoms with Crippen molar-refractivity contribution in [3.8, 4) is 0 Å². The fourth-order valence-electron chi connectivity index (χ4n) is 4.07. The number of nitro groups is 1. The molecule has 0 bridgehead atoms. The average Bonchev–Trinajstić information content (AvgIpc) is 2.68. The van der Waals surface area contributed by atoms with Gasteiger partial charge in [0.25, 0.3) is 0 Å². The minimum atomic E-state index is -0.456. The first-order valence-electron chi connectivity index (χ1n) is 8.89. The van der Waals surface area contributed by atoms with Crippen molar-refractivity contribution in [2.75, 3.05) is 31.1 Å². The predicted molar refractivity (Wildman–Crippen MR) is 96.8 cm³/mol. The zero-order valence-corrected chi connectivity index (χ0v) is 14.2. The quantitative estimate of drug-likeness (QED) is 0.635. The molecule has 1 aromatic carbocycles. The van der Waals surface area contributed by atoms with Crippen LogP contribution in [0.3, 0.4) is 0 Å².